The van der Waals surface area contributed by atoms with Gasteiger partial charge in [0.15, 0.2) is 0 Å². The van der Waals surface area contributed by atoms with Crippen molar-refractivity contribution in [2.45, 2.75) is 44.7 Å². The molecule has 1 unspecified atom stereocenters. The van der Waals surface area contributed by atoms with Crippen LogP contribution in [0.4, 0.5) is 4.39 Å². The fraction of sp³-hybridized carbons (Fsp3) is 0.500. The van der Waals surface area contributed by atoms with Crippen molar-refractivity contribution in [2.24, 2.45) is 5.73 Å². The molecule has 2 fully saturated rings. The molecular formula is C20H24FN3O2S. The number of hydrogen-bond donors (Lipinski definition) is 1. The molecular weight excluding hydrogens is 365 g/mol. The van der Waals surface area contributed by atoms with Gasteiger partial charge in [-0.3, -0.25) is 14.5 Å². The highest BCUT2D eigenvalue weighted by molar-refractivity contribution is 7.21. The van der Waals surface area contributed by atoms with Crippen molar-refractivity contribution in [1.29, 1.82) is 0 Å². The average molecular weight is 389 g/mol. The first-order valence-corrected chi connectivity index (χ1v) is 10.3. The number of primary amides is 1. The van der Waals surface area contributed by atoms with Crippen molar-refractivity contribution in [3.05, 3.63) is 34.5 Å². The summed E-state index contributed by atoms with van der Waals surface area (Å²) in [5, 5.41) is 0.558. The van der Waals surface area contributed by atoms with Crippen molar-refractivity contribution in [2.75, 3.05) is 19.6 Å². The van der Waals surface area contributed by atoms with Crippen molar-refractivity contribution >= 4 is 33.2 Å². The number of nitrogens with two attached hydrogens (primary N) is 1. The molecule has 1 aromatic carbocycles. The molecule has 3 heterocycles. The number of nitrogens with zero attached hydrogens (tertiary/aromatic N) is 2. The maximum absolute atomic E-state index is 14.1. The fourth-order valence-corrected chi connectivity index (χ4v) is 5.72. The van der Waals surface area contributed by atoms with Crippen LogP contribution in [0.3, 0.4) is 0 Å². The summed E-state index contributed by atoms with van der Waals surface area (Å²) in [5.74, 6) is -0.529. The lowest BCUT2D eigenvalue weighted by Crippen LogP contribution is -2.51. The molecule has 2 aliphatic rings. The maximum atomic E-state index is 14.1. The molecule has 2 aliphatic heterocycles. The number of carbonyl (C=O) groups is 2. The average Bonchev–Trinajstić information content (AvgIpc) is 3.27. The summed E-state index contributed by atoms with van der Waals surface area (Å²) in [6.07, 6.45) is 3.52. The maximum Gasteiger partial charge on any atom is 0.264 e. The molecule has 2 saturated heterocycles. The SMILES string of the molecule is Cc1c(C(=O)N2CCC(N3CCCC3C(N)=O)CC2)sc2cccc(F)c12. The Morgan fingerprint density at radius 1 is 1.19 bits per heavy atom. The number of amides is 2. The van der Waals surface area contributed by atoms with E-state index in [4.69, 9.17) is 5.73 Å². The summed E-state index contributed by atoms with van der Waals surface area (Å²) >= 11 is 1.37. The second kappa shape index (κ2) is 7.20. The molecule has 1 atom stereocenters. The van der Waals surface area contributed by atoms with E-state index < -0.39 is 0 Å². The Balaban J connectivity index is 1.47. The van der Waals surface area contributed by atoms with Crippen LogP contribution < -0.4 is 5.73 Å². The number of thiophene rings is 1. The van der Waals surface area contributed by atoms with E-state index in [-0.39, 0.29) is 23.7 Å². The van der Waals surface area contributed by atoms with Crippen LogP contribution in [-0.2, 0) is 4.79 Å². The molecule has 0 saturated carbocycles. The van der Waals surface area contributed by atoms with Gasteiger partial charge in [-0.05, 0) is 56.8 Å². The molecule has 0 bridgehead atoms. The number of likely N-dealkylation sites (tertiary alicyclic amines) is 2. The molecule has 0 spiro atoms. The van der Waals surface area contributed by atoms with Gasteiger partial charge in [0, 0.05) is 29.2 Å². The van der Waals surface area contributed by atoms with Gasteiger partial charge >= 0.3 is 0 Å². The van der Waals surface area contributed by atoms with Gasteiger partial charge in [0.25, 0.3) is 5.91 Å². The van der Waals surface area contributed by atoms with Crippen molar-refractivity contribution < 1.29 is 14.0 Å². The first kappa shape index (κ1) is 18.4. The number of hydrogen-bond acceptors (Lipinski definition) is 4. The number of benzene rings is 1. The number of carbonyl (C=O) groups excluding carboxylic acids is 2. The highest BCUT2D eigenvalue weighted by atomic mass is 32.1. The van der Waals surface area contributed by atoms with Crippen molar-refractivity contribution in [1.82, 2.24) is 9.80 Å². The van der Waals surface area contributed by atoms with Crippen LogP contribution >= 0.6 is 11.3 Å². The summed E-state index contributed by atoms with van der Waals surface area (Å²) in [4.78, 5) is 29.4. The van der Waals surface area contributed by atoms with Crippen LogP contribution in [0.5, 0.6) is 0 Å². The van der Waals surface area contributed by atoms with Gasteiger partial charge in [0.2, 0.25) is 5.91 Å². The molecule has 2 aromatic rings. The Morgan fingerprint density at radius 2 is 1.93 bits per heavy atom. The topological polar surface area (TPSA) is 66.6 Å². The third kappa shape index (κ3) is 3.23. The third-order valence-corrected chi connectivity index (χ3v) is 7.19. The van der Waals surface area contributed by atoms with Crippen LogP contribution in [0.2, 0.25) is 0 Å². The number of piperidine rings is 1. The second-order valence-electron chi connectivity index (χ2n) is 7.49. The van der Waals surface area contributed by atoms with Gasteiger partial charge in [0.1, 0.15) is 5.82 Å². The molecule has 4 rings (SSSR count). The van der Waals surface area contributed by atoms with Crippen LogP contribution in [0.15, 0.2) is 18.2 Å². The van der Waals surface area contributed by atoms with Gasteiger partial charge < -0.3 is 10.6 Å². The Kier molecular flexibility index (Phi) is 4.90. The highest BCUT2D eigenvalue weighted by Crippen LogP contribution is 2.34. The lowest BCUT2D eigenvalue weighted by atomic mass is 10.0. The summed E-state index contributed by atoms with van der Waals surface area (Å²) in [6, 6.07) is 5.11. The van der Waals surface area contributed by atoms with Crippen molar-refractivity contribution in [3.63, 3.8) is 0 Å². The van der Waals surface area contributed by atoms with Crippen LogP contribution in [0.25, 0.3) is 10.1 Å². The molecule has 5 nitrogen and oxygen atoms in total. The summed E-state index contributed by atoms with van der Waals surface area (Å²) in [6.45, 7) is 4.04. The molecule has 1 aromatic heterocycles. The monoisotopic (exact) mass is 389 g/mol. The highest BCUT2D eigenvalue weighted by Gasteiger charge is 2.36. The number of fused-ring (bicyclic) bond motifs is 1. The van der Waals surface area contributed by atoms with Crippen LogP contribution in [-0.4, -0.2) is 53.3 Å². The van der Waals surface area contributed by atoms with Crippen molar-refractivity contribution in [3.8, 4) is 0 Å². The minimum atomic E-state index is -0.273. The lowest BCUT2D eigenvalue weighted by molar-refractivity contribution is -0.123. The van der Waals surface area contributed by atoms with Gasteiger partial charge in [0.05, 0.1) is 10.9 Å². The van der Waals surface area contributed by atoms with Crippen LogP contribution in [0.1, 0.15) is 40.9 Å². The Hall–Kier alpha value is -1.99. The second-order valence-corrected chi connectivity index (χ2v) is 8.54. The summed E-state index contributed by atoms with van der Waals surface area (Å²) < 4.78 is 14.9. The molecule has 2 N–H and O–H groups in total. The quantitative estimate of drug-likeness (QED) is 0.878. The Morgan fingerprint density at radius 3 is 2.59 bits per heavy atom. The number of halogens is 1. The lowest BCUT2D eigenvalue weighted by Gasteiger charge is -2.38. The standard InChI is InChI=1S/C20H24FN3O2S/c1-12-17-14(21)4-2-6-16(17)27-18(12)20(26)23-10-7-13(8-11-23)24-9-3-5-15(24)19(22)25/h2,4,6,13,15H,3,5,7-11H2,1H3,(H2,22,25). The van der Waals surface area contributed by atoms with Gasteiger partial charge in [-0.25, -0.2) is 4.39 Å². The smallest absolute Gasteiger partial charge is 0.264 e. The molecule has 27 heavy (non-hydrogen) atoms. The molecule has 0 radical (unpaired) electrons. The molecule has 2 amide bonds. The van der Waals surface area contributed by atoms with E-state index in [1.165, 1.54) is 17.4 Å². The zero-order chi connectivity index (χ0) is 19.1. The van der Waals surface area contributed by atoms with E-state index in [9.17, 15) is 14.0 Å². The molecule has 7 heteroatoms. The summed E-state index contributed by atoms with van der Waals surface area (Å²) in [7, 11) is 0. The van der Waals surface area contributed by atoms with Gasteiger partial charge in [-0.1, -0.05) is 6.07 Å². The van der Waals surface area contributed by atoms with E-state index >= 15 is 0 Å². The zero-order valence-corrected chi connectivity index (χ0v) is 16.2. The van der Waals surface area contributed by atoms with E-state index in [0.717, 1.165) is 42.5 Å². The predicted molar refractivity (Wildman–Crippen MR) is 104 cm³/mol. The first-order chi connectivity index (χ1) is 13.0. The minimum Gasteiger partial charge on any atom is -0.368 e. The van der Waals surface area contributed by atoms with E-state index in [1.54, 1.807) is 6.07 Å². The van der Waals surface area contributed by atoms with Gasteiger partial charge in [-0.2, -0.15) is 0 Å². The van der Waals surface area contributed by atoms with E-state index in [1.807, 2.05) is 17.9 Å². The number of aryl methyl sites for hydroxylation is 1. The zero-order valence-electron chi connectivity index (χ0n) is 15.4. The minimum absolute atomic E-state index is 0.0144. The predicted octanol–water partition coefficient (Wildman–Crippen LogP) is 2.90. The third-order valence-electron chi connectivity index (χ3n) is 5.94. The Bertz CT molecular complexity index is 889. The summed E-state index contributed by atoms with van der Waals surface area (Å²) in [5.41, 5.74) is 6.27. The Labute approximate surface area is 161 Å². The van der Waals surface area contributed by atoms with Gasteiger partial charge in [-0.15, -0.1) is 11.3 Å². The van der Waals surface area contributed by atoms with E-state index in [0.29, 0.717) is 29.4 Å². The normalized spacial score (nSPS) is 21.9. The molecule has 144 valence electrons. The van der Waals surface area contributed by atoms with Crippen LogP contribution in [0, 0.1) is 12.7 Å². The number of rotatable bonds is 3. The largest absolute Gasteiger partial charge is 0.368 e. The first-order valence-electron chi connectivity index (χ1n) is 9.49. The van der Waals surface area contributed by atoms with E-state index in [2.05, 4.69) is 4.90 Å². The molecule has 0 aliphatic carbocycles. The fourth-order valence-electron chi connectivity index (χ4n) is 4.53.